The van der Waals surface area contributed by atoms with Gasteiger partial charge >= 0.3 is 12.0 Å². The van der Waals surface area contributed by atoms with Gasteiger partial charge in [0.25, 0.3) is 0 Å². The third-order valence-electron chi connectivity index (χ3n) is 3.37. The van der Waals surface area contributed by atoms with Crippen LogP contribution in [-0.2, 0) is 6.42 Å². The van der Waals surface area contributed by atoms with E-state index in [9.17, 15) is 9.59 Å². The summed E-state index contributed by atoms with van der Waals surface area (Å²) in [6.07, 6.45) is 0.824. The lowest BCUT2D eigenvalue weighted by Crippen LogP contribution is -2.21. The Kier molecular flexibility index (Phi) is 4.78. The van der Waals surface area contributed by atoms with Crippen LogP contribution in [0.3, 0.4) is 0 Å². The molecule has 2 amide bonds. The highest BCUT2D eigenvalue weighted by atomic mass is 16.4. The first-order chi connectivity index (χ1) is 10.5. The first-order valence-corrected chi connectivity index (χ1v) is 7.01. The number of para-hydroxylation sites is 1. The van der Waals surface area contributed by atoms with Gasteiger partial charge in [0.15, 0.2) is 0 Å². The van der Waals surface area contributed by atoms with Gasteiger partial charge < -0.3 is 15.7 Å². The lowest BCUT2D eigenvalue weighted by Gasteiger charge is -2.13. The molecular weight excluding hydrogens is 280 g/mol. The van der Waals surface area contributed by atoms with Crippen LogP contribution in [0.2, 0.25) is 0 Å². The first kappa shape index (κ1) is 15.6. The maximum absolute atomic E-state index is 12.1. The molecule has 0 aliphatic heterocycles. The summed E-state index contributed by atoms with van der Waals surface area (Å²) in [6.45, 7) is 3.97. The molecule has 0 unspecified atom stereocenters. The van der Waals surface area contributed by atoms with Crippen LogP contribution in [0.5, 0.6) is 0 Å². The number of hydrogen-bond acceptors (Lipinski definition) is 2. The summed E-state index contributed by atoms with van der Waals surface area (Å²) in [7, 11) is 0. The third kappa shape index (κ3) is 3.63. The SMILES string of the molecule is CCc1cccc(C)c1NC(=O)Nc1ccc(C(=O)O)cc1. The molecule has 0 radical (unpaired) electrons. The quantitative estimate of drug-likeness (QED) is 0.801. The lowest BCUT2D eigenvalue weighted by molar-refractivity contribution is 0.0697. The fraction of sp³-hybridized carbons (Fsp3) is 0.176. The van der Waals surface area contributed by atoms with Gasteiger partial charge in [-0.15, -0.1) is 0 Å². The Balaban J connectivity index is 2.09. The summed E-state index contributed by atoms with van der Waals surface area (Å²) < 4.78 is 0. The molecule has 114 valence electrons. The van der Waals surface area contributed by atoms with Crippen LogP contribution in [0.1, 0.15) is 28.4 Å². The number of aryl methyl sites for hydroxylation is 2. The van der Waals surface area contributed by atoms with Crippen LogP contribution in [0.15, 0.2) is 42.5 Å². The Labute approximate surface area is 129 Å². The van der Waals surface area contributed by atoms with Gasteiger partial charge in [0.05, 0.1) is 5.56 Å². The normalized spacial score (nSPS) is 10.1. The smallest absolute Gasteiger partial charge is 0.335 e. The number of anilines is 2. The molecule has 5 heteroatoms. The van der Waals surface area contributed by atoms with Gasteiger partial charge in [0.1, 0.15) is 0 Å². The Morgan fingerprint density at radius 3 is 2.32 bits per heavy atom. The monoisotopic (exact) mass is 298 g/mol. The van der Waals surface area contributed by atoms with Crippen LogP contribution in [0.25, 0.3) is 0 Å². The number of carbonyl (C=O) groups is 2. The maximum Gasteiger partial charge on any atom is 0.335 e. The number of benzene rings is 2. The zero-order valence-corrected chi connectivity index (χ0v) is 12.5. The van der Waals surface area contributed by atoms with Crippen molar-refractivity contribution in [3.05, 3.63) is 59.2 Å². The molecule has 0 atom stereocenters. The van der Waals surface area contributed by atoms with Crippen molar-refractivity contribution in [3.63, 3.8) is 0 Å². The zero-order chi connectivity index (χ0) is 16.1. The van der Waals surface area contributed by atoms with Crippen LogP contribution >= 0.6 is 0 Å². The van der Waals surface area contributed by atoms with E-state index >= 15 is 0 Å². The van der Waals surface area contributed by atoms with E-state index in [0.717, 1.165) is 23.2 Å². The molecule has 3 N–H and O–H groups in total. The van der Waals surface area contributed by atoms with Crippen LogP contribution < -0.4 is 10.6 Å². The van der Waals surface area contributed by atoms with Crippen molar-refractivity contribution in [1.82, 2.24) is 0 Å². The minimum Gasteiger partial charge on any atom is -0.478 e. The van der Waals surface area contributed by atoms with Gasteiger partial charge in [-0.25, -0.2) is 9.59 Å². The van der Waals surface area contributed by atoms with E-state index in [1.165, 1.54) is 12.1 Å². The van der Waals surface area contributed by atoms with E-state index in [1.54, 1.807) is 12.1 Å². The van der Waals surface area contributed by atoms with E-state index in [2.05, 4.69) is 10.6 Å². The highest BCUT2D eigenvalue weighted by Gasteiger charge is 2.09. The van der Waals surface area contributed by atoms with Crippen molar-refractivity contribution in [2.45, 2.75) is 20.3 Å². The number of carboxylic acid groups (broad SMARTS) is 1. The Bertz CT molecular complexity index is 694. The molecule has 22 heavy (non-hydrogen) atoms. The topological polar surface area (TPSA) is 78.4 Å². The van der Waals surface area contributed by atoms with Gasteiger partial charge in [-0.2, -0.15) is 0 Å². The molecule has 0 saturated heterocycles. The predicted molar refractivity (Wildman–Crippen MR) is 86.6 cm³/mol. The van der Waals surface area contributed by atoms with Gasteiger partial charge in [0, 0.05) is 11.4 Å². The molecular formula is C17H18N2O3. The van der Waals surface area contributed by atoms with Crippen LogP contribution in [-0.4, -0.2) is 17.1 Å². The molecule has 5 nitrogen and oxygen atoms in total. The fourth-order valence-electron chi connectivity index (χ4n) is 2.17. The molecule has 2 rings (SSSR count). The summed E-state index contributed by atoms with van der Waals surface area (Å²) >= 11 is 0. The summed E-state index contributed by atoms with van der Waals surface area (Å²) in [5.41, 5.74) is 3.59. The molecule has 0 spiro atoms. The van der Waals surface area contributed by atoms with E-state index in [1.807, 2.05) is 32.0 Å². The Morgan fingerprint density at radius 1 is 1.05 bits per heavy atom. The highest BCUT2D eigenvalue weighted by Crippen LogP contribution is 2.21. The largest absolute Gasteiger partial charge is 0.478 e. The number of aromatic carboxylic acids is 1. The lowest BCUT2D eigenvalue weighted by atomic mass is 10.1. The molecule has 0 heterocycles. The second kappa shape index (κ2) is 6.76. The van der Waals surface area contributed by atoms with Crippen molar-refractivity contribution in [3.8, 4) is 0 Å². The van der Waals surface area contributed by atoms with Crippen molar-refractivity contribution in [2.24, 2.45) is 0 Å². The number of rotatable bonds is 4. The second-order valence-electron chi connectivity index (χ2n) is 4.92. The third-order valence-corrected chi connectivity index (χ3v) is 3.37. The molecule has 0 fully saturated rings. The standard InChI is InChI=1S/C17H18N2O3/c1-3-12-6-4-5-11(2)15(12)19-17(22)18-14-9-7-13(8-10-14)16(20)21/h4-10H,3H2,1-2H3,(H,20,21)(H2,18,19,22). The number of hydrogen-bond donors (Lipinski definition) is 3. The van der Waals surface area contributed by atoms with Crippen molar-refractivity contribution in [2.75, 3.05) is 10.6 Å². The molecule has 0 aliphatic rings. The number of carbonyl (C=O) groups excluding carboxylic acids is 1. The van der Waals surface area contributed by atoms with E-state index < -0.39 is 5.97 Å². The zero-order valence-electron chi connectivity index (χ0n) is 12.5. The van der Waals surface area contributed by atoms with E-state index in [-0.39, 0.29) is 11.6 Å². The average Bonchev–Trinajstić information content (AvgIpc) is 2.49. The second-order valence-corrected chi connectivity index (χ2v) is 4.92. The molecule has 0 saturated carbocycles. The maximum atomic E-state index is 12.1. The van der Waals surface area contributed by atoms with Crippen LogP contribution in [0, 0.1) is 6.92 Å². The number of nitrogens with one attached hydrogen (secondary N) is 2. The van der Waals surface area contributed by atoms with Gasteiger partial charge in [0.2, 0.25) is 0 Å². The molecule has 2 aromatic carbocycles. The number of carboxylic acids is 1. The van der Waals surface area contributed by atoms with Gasteiger partial charge in [-0.05, 0) is 48.7 Å². The highest BCUT2D eigenvalue weighted by molar-refractivity contribution is 6.01. The average molecular weight is 298 g/mol. The fourth-order valence-corrected chi connectivity index (χ4v) is 2.17. The van der Waals surface area contributed by atoms with Crippen LogP contribution in [0.4, 0.5) is 16.2 Å². The first-order valence-electron chi connectivity index (χ1n) is 7.01. The molecule has 2 aromatic rings. The van der Waals surface area contributed by atoms with Crippen molar-refractivity contribution < 1.29 is 14.7 Å². The Morgan fingerprint density at radius 2 is 1.73 bits per heavy atom. The predicted octanol–water partition coefficient (Wildman–Crippen LogP) is 3.90. The van der Waals surface area contributed by atoms with E-state index in [4.69, 9.17) is 5.11 Å². The van der Waals surface area contributed by atoms with Crippen molar-refractivity contribution >= 4 is 23.4 Å². The minimum absolute atomic E-state index is 0.179. The molecule has 0 aliphatic carbocycles. The van der Waals surface area contributed by atoms with Gasteiger partial charge in [-0.3, -0.25) is 0 Å². The molecule has 0 aromatic heterocycles. The number of amides is 2. The Hall–Kier alpha value is -2.82. The summed E-state index contributed by atoms with van der Waals surface area (Å²) in [5.74, 6) is -0.997. The molecule has 0 bridgehead atoms. The summed E-state index contributed by atoms with van der Waals surface area (Å²) in [4.78, 5) is 22.9. The van der Waals surface area contributed by atoms with E-state index in [0.29, 0.717) is 5.69 Å². The van der Waals surface area contributed by atoms with Crippen molar-refractivity contribution in [1.29, 1.82) is 0 Å². The minimum atomic E-state index is -0.997. The summed E-state index contributed by atoms with van der Waals surface area (Å²) in [5, 5.41) is 14.4. The summed E-state index contributed by atoms with van der Waals surface area (Å²) in [6, 6.07) is 11.5. The number of urea groups is 1. The van der Waals surface area contributed by atoms with Gasteiger partial charge in [-0.1, -0.05) is 25.1 Å².